The van der Waals surface area contributed by atoms with Crippen LogP contribution in [0.4, 0.5) is 5.69 Å². The molecule has 0 spiro atoms. The van der Waals surface area contributed by atoms with E-state index in [2.05, 4.69) is 5.32 Å². The monoisotopic (exact) mass is 245 g/mol. The topological polar surface area (TPSA) is 86.6 Å². The highest BCUT2D eigenvalue weighted by Gasteiger charge is 2.09. The van der Waals surface area contributed by atoms with Gasteiger partial charge in [-0.2, -0.15) is 8.42 Å². The minimum Gasteiger partial charge on any atom is -0.394 e. The molecule has 0 saturated heterocycles. The molecular formula is C10H15NO4S. The second kappa shape index (κ2) is 5.29. The Morgan fingerprint density at radius 1 is 1.31 bits per heavy atom. The van der Waals surface area contributed by atoms with Crippen LogP contribution in [0.2, 0.25) is 0 Å². The Morgan fingerprint density at radius 3 is 2.25 bits per heavy atom. The summed E-state index contributed by atoms with van der Waals surface area (Å²) in [5, 5.41) is 12.0. The molecule has 1 rings (SSSR count). The van der Waals surface area contributed by atoms with E-state index in [1.807, 2.05) is 6.92 Å². The zero-order valence-corrected chi connectivity index (χ0v) is 9.74. The van der Waals surface area contributed by atoms with Crippen molar-refractivity contribution < 1.29 is 18.1 Å². The van der Waals surface area contributed by atoms with Crippen LogP contribution in [0.25, 0.3) is 0 Å². The largest absolute Gasteiger partial charge is 0.394 e. The van der Waals surface area contributed by atoms with Gasteiger partial charge in [-0.1, -0.05) is 6.92 Å². The summed E-state index contributed by atoms with van der Waals surface area (Å²) in [4.78, 5) is -0.143. The van der Waals surface area contributed by atoms with Crippen molar-refractivity contribution in [2.75, 3.05) is 11.9 Å². The average Bonchev–Trinajstić information content (AvgIpc) is 2.25. The molecule has 16 heavy (non-hydrogen) atoms. The summed E-state index contributed by atoms with van der Waals surface area (Å²) in [7, 11) is -4.14. The Bertz CT molecular complexity index is 423. The van der Waals surface area contributed by atoms with E-state index in [4.69, 9.17) is 9.66 Å². The highest BCUT2D eigenvalue weighted by Crippen LogP contribution is 2.14. The third kappa shape index (κ3) is 3.48. The Labute approximate surface area is 94.9 Å². The van der Waals surface area contributed by atoms with Gasteiger partial charge in [0.15, 0.2) is 0 Å². The van der Waals surface area contributed by atoms with Crippen LogP contribution in [0, 0.1) is 0 Å². The lowest BCUT2D eigenvalue weighted by atomic mass is 10.2. The molecule has 0 aliphatic rings. The van der Waals surface area contributed by atoms with Crippen molar-refractivity contribution >= 4 is 15.8 Å². The van der Waals surface area contributed by atoms with Gasteiger partial charge in [-0.05, 0) is 30.7 Å². The zero-order valence-electron chi connectivity index (χ0n) is 8.92. The van der Waals surface area contributed by atoms with Crippen molar-refractivity contribution in [1.29, 1.82) is 0 Å². The Morgan fingerprint density at radius 2 is 1.88 bits per heavy atom. The van der Waals surface area contributed by atoms with Crippen LogP contribution >= 0.6 is 0 Å². The third-order valence-electron chi connectivity index (χ3n) is 2.24. The fourth-order valence-electron chi connectivity index (χ4n) is 1.24. The van der Waals surface area contributed by atoms with Gasteiger partial charge in [-0.3, -0.25) is 4.55 Å². The molecule has 5 nitrogen and oxygen atoms in total. The summed E-state index contributed by atoms with van der Waals surface area (Å²) in [5.74, 6) is 0. The molecule has 0 radical (unpaired) electrons. The first-order valence-electron chi connectivity index (χ1n) is 4.92. The minimum atomic E-state index is -4.14. The molecule has 0 saturated carbocycles. The summed E-state index contributed by atoms with van der Waals surface area (Å²) < 4.78 is 30.3. The molecule has 1 atom stereocenters. The summed E-state index contributed by atoms with van der Waals surface area (Å²) in [6.07, 6.45) is 0.760. The molecule has 1 aromatic carbocycles. The van der Waals surface area contributed by atoms with E-state index in [1.54, 1.807) is 12.1 Å². The standard InChI is InChI=1S/C10H15NO4S/c1-2-8(7-12)11-9-3-5-10(6-4-9)16(13,14)15/h3-6,8,11-12H,2,7H2,1H3,(H,13,14,15)/t8-/m0/s1. The summed E-state index contributed by atoms with van der Waals surface area (Å²) in [6.45, 7) is 1.94. The van der Waals surface area contributed by atoms with E-state index in [0.29, 0.717) is 5.69 Å². The fourth-order valence-corrected chi connectivity index (χ4v) is 1.72. The molecule has 0 heterocycles. The number of hydrogen-bond acceptors (Lipinski definition) is 4. The van der Waals surface area contributed by atoms with Gasteiger partial charge in [0.1, 0.15) is 0 Å². The van der Waals surface area contributed by atoms with Gasteiger partial charge in [0.05, 0.1) is 11.5 Å². The van der Waals surface area contributed by atoms with Crippen LogP contribution < -0.4 is 5.32 Å². The van der Waals surface area contributed by atoms with Crippen molar-refractivity contribution in [3.05, 3.63) is 24.3 Å². The van der Waals surface area contributed by atoms with E-state index in [0.717, 1.165) is 6.42 Å². The number of hydrogen-bond donors (Lipinski definition) is 3. The second-order valence-corrected chi connectivity index (χ2v) is 4.85. The first-order chi connectivity index (χ1) is 7.47. The molecule has 1 aromatic rings. The van der Waals surface area contributed by atoms with E-state index >= 15 is 0 Å². The first kappa shape index (κ1) is 13.0. The molecule has 6 heteroatoms. The number of nitrogens with one attached hydrogen (secondary N) is 1. The maximum atomic E-state index is 10.8. The van der Waals surface area contributed by atoms with Gasteiger partial charge < -0.3 is 10.4 Å². The molecule has 0 unspecified atom stereocenters. The normalized spacial score (nSPS) is 13.4. The van der Waals surface area contributed by atoms with Gasteiger partial charge in [0, 0.05) is 11.7 Å². The Kier molecular flexibility index (Phi) is 4.28. The summed E-state index contributed by atoms with van der Waals surface area (Å²) in [5.41, 5.74) is 0.702. The van der Waals surface area contributed by atoms with E-state index in [9.17, 15) is 8.42 Å². The maximum Gasteiger partial charge on any atom is 0.294 e. The number of aliphatic hydroxyl groups excluding tert-OH is 1. The van der Waals surface area contributed by atoms with Crippen molar-refractivity contribution in [1.82, 2.24) is 0 Å². The number of anilines is 1. The Hall–Kier alpha value is -1.11. The molecule has 0 bridgehead atoms. The van der Waals surface area contributed by atoms with Gasteiger partial charge >= 0.3 is 0 Å². The van der Waals surface area contributed by atoms with Gasteiger partial charge in [-0.15, -0.1) is 0 Å². The van der Waals surface area contributed by atoms with Crippen molar-refractivity contribution in [2.45, 2.75) is 24.3 Å². The molecule has 0 amide bonds. The van der Waals surface area contributed by atoms with Crippen LogP contribution in [-0.2, 0) is 10.1 Å². The van der Waals surface area contributed by atoms with Crippen LogP contribution in [0.5, 0.6) is 0 Å². The van der Waals surface area contributed by atoms with E-state index in [1.165, 1.54) is 12.1 Å². The lowest BCUT2D eigenvalue weighted by Crippen LogP contribution is -2.22. The summed E-state index contributed by atoms with van der Waals surface area (Å²) in [6, 6.07) is 5.64. The first-order valence-corrected chi connectivity index (χ1v) is 6.36. The number of aliphatic hydroxyl groups is 1. The molecule has 0 fully saturated rings. The molecule has 0 aliphatic carbocycles. The minimum absolute atomic E-state index is 0.0105. The SMILES string of the molecule is CC[C@@H](CO)Nc1ccc(S(=O)(=O)O)cc1. The van der Waals surface area contributed by atoms with Crippen LogP contribution in [-0.4, -0.2) is 30.7 Å². The molecule has 0 aliphatic heterocycles. The van der Waals surface area contributed by atoms with Gasteiger partial charge in [-0.25, -0.2) is 0 Å². The number of benzene rings is 1. The molecule has 0 aromatic heterocycles. The van der Waals surface area contributed by atoms with Crippen LogP contribution in [0.15, 0.2) is 29.2 Å². The zero-order chi connectivity index (χ0) is 12.2. The maximum absolute atomic E-state index is 10.8. The molecule has 3 N–H and O–H groups in total. The van der Waals surface area contributed by atoms with Crippen LogP contribution in [0.3, 0.4) is 0 Å². The lowest BCUT2D eigenvalue weighted by Gasteiger charge is -2.15. The van der Waals surface area contributed by atoms with Gasteiger partial charge in [0.2, 0.25) is 0 Å². The quantitative estimate of drug-likeness (QED) is 0.677. The average molecular weight is 245 g/mol. The number of rotatable bonds is 5. The Balaban J connectivity index is 2.80. The smallest absolute Gasteiger partial charge is 0.294 e. The van der Waals surface area contributed by atoms with Gasteiger partial charge in [0.25, 0.3) is 10.1 Å². The van der Waals surface area contributed by atoms with Crippen molar-refractivity contribution in [3.63, 3.8) is 0 Å². The van der Waals surface area contributed by atoms with Crippen molar-refractivity contribution in [3.8, 4) is 0 Å². The van der Waals surface area contributed by atoms with E-state index < -0.39 is 10.1 Å². The highest BCUT2D eigenvalue weighted by molar-refractivity contribution is 7.85. The summed E-state index contributed by atoms with van der Waals surface area (Å²) >= 11 is 0. The molecular weight excluding hydrogens is 230 g/mol. The van der Waals surface area contributed by atoms with Crippen LogP contribution in [0.1, 0.15) is 13.3 Å². The highest BCUT2D eigenvalue weighted by atomic mass is 32.2. The second-order valence-electron chi connectivity index (χ2n) is 3.43. The fraction of sp³-hybridized carbons (Fsp3) is 0.400. The molecule has 90 valence electrons. The van der Waals surface area contributed by atoms with Crippen molar-refractivity contribution in [2.24, 2.45) is 0 Å². The lowest BCUT2D eigenvalue weighted by molar-refractivity contribution is 0.272. The predicted molar refractivity (Wildman–Crippen MR) is 61.0 cm³/mol. The third-order valence-corrected chi connectivity index (χ3v) is 3.10. The van der Waals surface area contributed by atoms with E-state index in [-0.39, 0.29) is 17.5 Å². The predicted octanol–water partition coefficient (Wildman–Crippen LogP) is 1.12.